The zero-order valence-electron chi connectivity index (χ0n) is 10.9. The molecule has 1 aliphatic carbocycles. The molecule has 0 fully saturated rings. The van der Waals surface area contributed by atoms with E-state index in [1.807, 2.05) is 18.3 Å². The van der Waals surface area contributed by atoms with Gasteiger partial charge in [-0.05, 0) is 54.7 Å². The van der Waals surface area contributed by atoms with Crippen LogP contribution in [0.15, 0.2) is 42.7 Å². The summed E-state index contributed by atoms with van der Waals surface area (Å²) in [6, 6.07) is 9.70. The van der Waals surface area contributed by atoms with Gasteiger partial charge in [-0.1, -0.05) is 12.1 Å². The Morgan fingerprint density at radius 2 is 2.26 bits per heavy atom. The van der Waals surface area contributed by atoms with Gasteiger partial charge in [-0.25, -0.2) is 4.39 Å². The van der Waals surface area contributed by atoms with Crippen LogP contribution in [0, 0.1) is 5.82 Å². The summed E-state index contributed by atoms with van der Waals surface area (Å²) in [4.78, 5) is 4.15. The third kappa shape index (κ3) is 2.51. The lowest BCUT2D eigenvalue weighted by Crippen LogP contribution is -2.23. The van der Waals surface area contributed by atoms with Crippen molar-refractivity contribution in [3.63, 3.8) is 0 Å². The number of pyridine rings is 1. The second-order valence-corrected chi connectivity index (χ2v) is 5.11. The Morgan fingerprint density at radius 3 is 3.05 bits per heavy atom. The molecule has 1 aromatic heterocycles. The minimum atomic E-state index is -0.139. The quantitative estimate of drug-likeness (QED) is 0.908. The van der Waals surface area contributed by atoms with Crippen LogP contribution in [-0.4, -0.2) is 4.98 Å². The van der Waals surface area contributed by atoms with Gasteiger partial charge in [0.1, 0.15) is 5.82 Å². The summed E-state index contributed by atoms with van der Waals surface area (Å²) in [5.74, 6) is -0.139. The number of aromatic nitrogens is 1. The Kier molecular flexibility index (Phi) is 3.30. The molecule has 0 saturated heterocycles. The van der Waals surface area contributed by atoms with E-state index < -0.39 is 0 Å². The molecule has 1 heterocycles. The number of aryl methyl sites for hydroxylation is 1. The summed E-state index contributed by atoms with van der Waals surface area (Å²) in [6.07, 6.45) is 5.65. The lowest BCUT2D eigenvalue weighted by molar-refractivity contribution is 0.464. The topological polar surface area (TPSA) is 24.9 Å². The fourth-order valence-electron chi connectivity index (χ4n) is 2.79. The third-order valence-corrected chi connectivity index (χ3v) is 3.82. The smallest absolute Gasteiger partial charge is 0.123 e. The molecule has 1 aromatic carbocycles. The van der Waals surface area contributed by atoms with E-state index in [0.717, 1.165) is 18.4 Å². The van der Waals surface area contributed by atoms with Crippen LogP contribution in [0.4, 0.5) is 4.39 Å². The molecule has 3 rings (SSSR count). The first-order chi connectivity index (χ1) is 9.24. The van der Waals surface area contributed by atoms with Crippen molar-refractivity contribution in [2.24, 2.45) is 0 Å². The maximum absolute atomic E-state index is 13.2. The minimum absolute atomic E-state index is 0.139. The minimum Gasteiger partial charge on any atom is -0.303 e. The molecule has 0 bridgehead atoms. The molecule has 1 aliphatic rings. The monoisotopic (exact) mass is 256 g/mol. The maximum atomic E-state index is 13.2. The first kappa shape index (κ1) is 12.3. The van der Waals surface area contributed by atoms with Gasteiger partial charge in [-0.3, -0.25) is 4.98 Å². The van der Waals surface area contributed by atoms with E-state index in [2.05, 4.69) is 23.3 Å². The van der Waals surface area contributed by atoms with Gasteiger partial charge in [0.2, 0.25) is 0 Å². The number of fused-ring (bicyclic) bond motifs is 1. The fourth-order valence-corrected chi connectivity index (χ4v) is 2.79. The first-order valence-electron chi connectivity index (χ1n) is 6.68. The largest absolute Gasteiger partial charge is 0.303 e. The Balaban J connectivity index is 1.76. The number of hydrogen-bond donors (Lipinski definition) is 1. The van der Waals surface area contributed by atoms with Crippen molar-refractivity contribution in [3.05, 3.63) is 65.2 Å². The van der Waals surface area contributed by atoms with Crippen LogP contribution in [0.2, 0.25) is 0 Å². The van der Waals surface area contributed by atoms with Crippen LogP contribution in [0.25, 0.3) is 0 Å². The molecule has 98 valence electrons. The Bertz CT molecular complexity index is 568. The number of hydrogen-bond acceptors (Lipinski definition) is 2. The lowest BCUT2D eigenvalue weighted by atomic mass is 10.1. The predicted octanol–water partition coefficient (Wildman–Crippen LogP) is 3.56. The molecule has 2 aromatic rings. The molecule has 1 unspecified atom stereocenters. The highest BCUT2D eigenvalue weighted by Gasteiger charge is 2.24. The Hall–Kier alpha value is -1.74. The van der Waals surface area contributed by atoms with Crippen molar-refractivity contribution >= 4 is 0 Å². The van der Waals surface area contributed by atoms with Crippen molar-refractivity contribution < 1.29 is 4.39 Å². The van der Waals surface area contributed by atoms with E-state index in [9.17, 15) is 4.39 Å². The van der Waals surface area contributed by atoms with Crippen molar-refractivity contribution in [2.45, 2.75) is 31.8 Å². The molecule has 0 radical (unpaired) electrons. The van der Waals surface area contributed by atoms with Gasteiger partial charge in [0.05, 0.1) is 0 Å². The molecule has 0 aliphatic heterocycles. The number of rotatable bonds is 3. The molecule has 0 amide bonds. The van der Waals surface area contributed by atoms with Crippen molar-refractivity contribution in [3.8, 4) is 0 Å². The van der Waals surface area contributed by atoms with Crippen molar-refractivity contribution in [2.75, 3.05) is 0 Å². The standard InChI is InChI=1S/C16H17FN2/c1-11(13-3-2-8-18-10-13)19-16-7-4-12-9-14(17)5-6-15(12)16/h2-3,5-6,8-11,16,19H,4,7H2,1H3/t11-,16?/m0/s1. The average Bonchev–Trinajstić information content (AvgIpc) is 2.82. The summed E-state index contributed by atoms with van der Waals surface area (Å²) in [5, 5.41) is 3.61. The summed E-state index contributed by atoms with van der Waals surface area (Å²) in [5.41, 5.74) is 3.55. The molecule has 19 heavy (non-hydrogen) atoms. The third-order valence-electron chi connectivity index (χ3n) is 3.82. The zero-order valence-corrected chi connectivity index (χ0v) is 10.9. The van der Waals surface area contributed by atoms with Crippen LogP contribution < -0.4 is 5.32 Å². The van der Waals surface area contributed by atoms with Gasteiger partial charge in [-0.2, -0.15) is 0 Å². The number of halogens is 1. The normalized spacial score (nSPS) is 19.2. The molecule has 0 saturated carbocycles. The van der Waals surface area contributed by atoms with E-state index >= 15 is 0 Å². The van der Waals surface area contributed by atoms with Gasteiger partial charge in [0.15, 0.2) is 0 Å². The molecule has 0 spiro atoms. The van der Waals surface area contributed by atoms with Gasteiger partial charge in [0.25, 0.3) is 0 Å². The molecular formula is C16H17FN2. The number of nitrogens with zero attached hydrogens (tertiary/aromatic N) is 1. The van der Waals surface area contributed by atoms with Gasteiger partial charge < -0.3 is 5.32 Å². The number of benzene rings is 1. The highest BCUT2D eigenvalue weighted by molar-refractivity contribution is 5.35. The summed E-state index contributed by atoms with van der Waals surface area (Å²) in [7, 11) is 0. The number of nitrogens with one attached hydrogen (secondary N) is 1. The fraction of sp³-hybridized carbons (Fsp3) is 0.312. The van der Waals surface area contributed by atoms with Gasteiger partial charge in [-0.15, -0.1) is 0 Å². The summed E-state index contributed by atoms with van der Waals surface area (Å²) < 4.78 is 13.2. The SMILES string of the molecule is C[C@H](NC1CCc2cc(F)ccc21)c1cccnc1. The lowest BCUT2D eigenvalue weighted by Gasteiger charge is -2.20. The molecular weight excluding hydrogens is 239 g/mol. The Labute approximate surface area is 112 Å². The average molecular weight is 256 g/mol. The van der Waals surface area contributed by atoms with Crippen LogP contribution >= 0.6 is 0 Å². The van der Waals surface area contributed by atoms with Crippen LogP contribution in [0.1, 0.15) is 42.1 Å². The van der Waals surface area contributed by atoms with Crippen LogP contribution in [-0.2, 0) is 6.42 Å². The van der Waals surface area contributed by atoms with E-state index in [-0.39, 0.29) is 11.9 Å². The van der Waals surface area contributed by atoms with E-state index in [4.69, 9.17) is 0 Å². The van der Waals surface area contributed by atoms with Crippen LogP contribution in [0.5, 0.6) is 0 Å². The molecule has 3 heteroatoms. The molecule has 2 nitrogen and oxygen atoms in total. The molecule has 1 N–H and O–H groups in total. The highest BCUT2D eigenvalue weighted by atomic mass is 19.1. The van der Waals surface area contributed by atoms with Crippen molar-refractivity contribution in [1.82, 2.24) is 10.3 Å². The van der Waals surface area contributed by atoms with Crippen LogP contribution in [0.3, 0.4) is 0 Å². The second-order valence-electron chi connectivity index (χ2n) is 5.11. The maximum Gasteiger partial charge on any atom is 0.123 e. The van der Waals surface area contributed by atoms with E-state index in [0.29, 0.717) is 6.04 Å². The zero-order chi connectivity index (χ0) is 13.2. The summed E-state index contributed by atoms with van der Waals surface area (Å²) in [6.45, 7) is 2.14. The van der Waals surface area contributed by atoms with Gasteiger partial charge in [0, 0.05) is 24.5 Å². The van der Waals surface area contributed by atoms with Crippen molar-refractivity contribution in [1.29, 1.82) is 0 Å². The first-order valence-corrected chi connectivity index (χ1v) is 6.68. The highest BCUT2D eigenvalue weighted by Crippen LogP contribution is 2.33. The molecule has 2 atom stereocenters. The predicted molar refractivity (Wildman–Crippen MR) is 73.2 cm³/mol. The summed E-state index contributed by atoms with van der Waals surface area (Å²) >= 11 is 0. The van der Waals surface area contributed by atoms with E-state index in [1.54, 1.807) is 18.3 Å². The van der Waals surface area contributed by atoms with E-state index in [1.165, 1.54) is 11.1 Å². The van der Waals surface area contributed by atoms with Gasteiger partial charge >= 0.3 is 0 Å². The Morgan fingerprint density at radius 1 is 1.37 bits per heavy atom. The second kappa shape index (κ2) is 5.10.